The van der Waals surface area contributed by atoms with Gasteiger partial charge >= 0.3 is 0 Å². The van der Waals surface area contributed by atoms with Gasteiger partial charge in [0.1, 0.15) is 6.04 Å². The lowest BCUT2D eigenvalue weighted by Crippen LogP contribution is -2.47. The van der Waals surface area contributed by atoms with Crippen LogP contribution in [0.3, 0.4) is 0 Å². The zero-order chi connectivity index (χ0) is 13.2. The van der Waals surface area contributed by atoms with Crippen LogP contribution in [0.25, 0.3) is 0 Å². The molecule has 1 unspecified atom stereocenters. The van der Waals surface area contributed by atoms with Crippen molar-refractivity contribution in [3.05, 3.63) is 5.89 Å². The van der Waals surface area contributed by atoms with Crippen molar-refractivity contribution in [3.63, 3.8) is 0 Å². The number of hydrogen-bond donors (Lipinski definition) is 2. The molecule has 0 bridgehead atoms. The molecule has 2 N–H and O–H groups in total. The number of piperazine rings is 2. The second kappa shape index (κ2) is 5.14. The molecular formula is C11H18N6O2. The maximum Gasteiger partial charge on any atom is 0.266 e. The van der Waals surface area contributed by atoms with E-state index in [4.69, 9.17) is 4.52 Å². The maximum absolute atomic E-state index is 11.1. The first-order valence-corrected chi connectivity index (χ1v) is 6.49. The minimum absolute atomic E-state index is 0.00458. The number of nitrogens with one attached hydrogen (secondary N) is 2. The Bertz CT molecular complexity index is 444. The van der Waals surface area contributed by atoms with E-state index in [1.165, 1.54) is 0 Å². The van der Waals surface area contributed by atoms with Gasteiger partial charge in [-0.1, -0.05) is 0 Å². The van der Waals surface area contributed by atoms with E-state index >= 15 is 0 Å². The van der Waals surface area contributed by atoms with Crippen LogP contribution in [-0.4, -0.2) is 67.3 Å². The highest BCUT2D eigenvalue weighted by molar-refractivity contribution is 5.78. The third-order valence-corrected chi connectivity index (χ3v) is 3.53. The van der Waals surface area contributed by atoms with Gasteiger partial charge in [0, 0.05) is 32.7 Å². The minimum atomic E-state index is -0.0913. The fraction of sp³-hybridized carbons (Fsp3) is 0.727. The molecule has 0 spiro atoms. The molecule has 2 fully saturated rings. The molecule has 2 aliphatic rings. The van der Waals surface area contributed by atoms with Crippen molar-refractivity contribution in [3.8, 4) is 0 Å². The number of hydrogen-bond acceptors (Lipinski definition) is 7. The quantitative estimate of drug-likeness (QED) is 0.679. The number of carbonyl (C=O) groups is 1. The standard InChI is InChI=1S/C11H18N6O2/c1-16-2-4-17(5-3-16)11-14-10(19-15-11)8-6-13-9(18)7-12-8/h8,12H,2-7H2,1H3,(H,13,18). The summed E-state index contributed by atoms with van der Waals surface area (Å²) in [7, 11) is 2.10. The molecule has 3 rings (SSSR count). The minimum Gasteiger partial charge on any atom is -0.353 e. The number of nitrogens with zero attached hydrogens (tertiary/aromatic N) is 4. The van der Waals surface area contributed by atoms with Crippen LogP contribution >= 0.6 is 0 Å². The number of amides is 1. The number of anilines is 1. The summed E-state index contributed by atoms with van der Waals surface area (Å²) in [6.45, 7) is 4.60. The molecule has 2 saturated heterocycles. The van der Waals surface area contributed by atoms with E-state index in [9.17, 15) is 4.79 Å². The van der Waals surface area contributed by atoms with Gasteiger partial charge in [-0.15, -0.1) is 0 Å². The summed E-state index contributed by atoms with van der Waals surface area (Å²) in [5.74, 6) is 1.17. The van der Waals surface area contributed by atoms with E-state index < -0.39 is 0 Å². The van der Waals surface area contributed by atoms with E-state index in [2.05, 4.69) is 37.6 Å². The van der Waals surface area contributed by atoms with Crippen molar-refractivity contribution >= 4 is 11.9 Å². The van der Waals surface area contributed by atoms with Crippen LogP contribution < -0.4 is 15.5 Å². The molecule has 19 heavy (non-hydrogen) atoms. The summed E-state index contributed by atoms with van der Waals surface area (Å²) in [6.07, 6.45) is 0. The summed E-state index contributed by atoms with van der Waals surface area (Å²) in [5.41, 5.74) is 0. The monoisotopic (exact) mass is 266 g/mol. The first-order chi connectivity index (χ1) is 9.22. The molecule has 0 aromatic carbocycles. The molecule has 0 saturated carbocycles. The van der Waals surface area contributed by atoms with Gasteiger partial charge in [0.25, 0.3) is 5.95 Å². The van der Waals surface area contributed by atoms with Crippen LogP contribution in [0.4, 0.5) is 5.95 Å². The zero-order valence-electron chi connectivity index (χ0n) is 10.9. The van der Waals surface area contributed by atoms with Gasteiger partial charge in [-0.2, -0.15) is 4.98 Å². The van der Waals surface area contributed by atoms with Gasteiger partial charge < -0.3 is 19.6 Å². The summed E-state index contributed by atoms with van der Waals surface area (Å²) < 4.78 is 5.29. The third kappa shape index (κ3) is 2.69. The van der Waals surface area contributed by atoms with Crippen molar-refractivity contribution in [2.45, 2.75) is 6.04 Å². The molecule has 104 valence electrons. The Hall–Kier alpha value is -1.67. The summed E-state index contributed by atoms with van der Waals surface area (Å²) in [4.78, 5) is 19.9. The Morgan fingerprint density at radius 1 is 1.32 bits per heavy atom. The van der Waals surface area contributed by atoms with Crippen molar-refractivity contribution < 1.29 is 9.32 Å². The Kier molecular flexibility index (Phi) is 3.34. The van der Waals surface area contributed by atoms with Crippen molar-refractivity contribution in [1.82, 2.24) is 25.7 Å². The third-order valence-electron chi connectivity index (χ3n) is 3.53. The fourth-order valence-corrected chi connectivity index (χ4v) is 2.24. The highest BCUT2D eigenvalue weighted by Gasteiger charge is 2.26. The Morgan fingerprint density at radius 3 is 2.79 bits per heavy atom. The molecule has 1 aromatic heterocycles. The average molecular weight is 266 g/mol. The fourth-order valence-electron chi connectivity index (χ4n) is 2.24. The number of carbonyl (C=O) groups excluding carboxylic acids is 1. The van der Waals surface area contributed by atoms with Crippen LogP contribution in [0.5, 0.6) is 0 Å². The SMILES string of the molecule is CN1CCN(c2noc(C3CNC(=O)CN3)n2)CC1. The maximum atomic E-state index is 11.1. The van der Waals surface area contributed by atoms with Crippen LogP contribution in [0.1, 0.15) is 11.9 Å². The highest BCUT2D eigenvalue weighted by Crippen LogP contribution is 2.17. The molecule has 8 nitrogen and oxygen atoms in total. The van der Waals surface area contributed by atoms with E-state index in [0.29, 0.717) is 18.4 Å². The Morgan fingerprint density at radius 2 is 2.11 bits per heavy atom. The first kappa shape index (κ1) is 12.4. The van der Waals surface area contributed by atoms with Crippen molar-refractivity contribution in [2.75, 3.05) is 51.2 Å². The molecule has 2 aliphatic heterocycles. The lowest BCUT2D eigenvalue weighted by molar-refractivity contribution is -0.121. The van der Waals surface area contributed by atoms with Crippen LogP contribution in [0.15, 0.2) is 4.52 Å². The second-order valence-corrected chi connectivity index (χ2v) is 4.96. The molecule has 3 heterocycles. The number of rotatable bonds is 2. The lowest BCUT2D eigenvalue weighted by Gasteiger charge is -2.31. The number of aromatic nitrogens is 2. The summed E-state index contributed by atoms with van der Waals surface area (Å²) in [6, 6.07) is -0.0913. The van der Waals surface area contributed by atoms with Crippen molar-refractivity contribution in [2.24, 2.45) is 0 Å². The highest BCUT2D eigenvalue weighted by atomic mass is 16.5. The molecule has 1 atom stereocenters. The summed E-state index contributed by atoms with van der Waals surface area (Å²) in [5, 5.41) is 9.88. The lowest BCUT2D eigenvalue weighted by atomic mass is 10.2. The van der Waals surface area contributed by atoms with Crippen LogP contribution in [0, 0.1) is 0 Å². The molecule has 8 heteroatoms. The normalized spacial score (nSPS) is 25.4. The van der Waals surface area contributed by atoms with Gasteiger partial charge in [0.2, 0.25) is 11.8 Å². The van der Waals surface area contributed by atoms with E-state index in [1.807, 2.05) is 0 Å². The Balaban J connectivity index is 1.64. The molecule has 1 aromatic rings. The number of likely N-dealkylation sites (N-methyl/N-ethyl adjacent to an activating group) is 1. The second-order valence-electron chi connectivity index (χ2n) is 4.96. The first-order valence-electron chi connectivity index (χ1n) is 6.49. The van der Waals surface area contributed by atoms with Gasteiger partial charge in [-0.3, -0.25) is 10.1 Å². The van der Waals surface area contributed by atoms with E-state index in [1.54, 1.807) is 0 Å². The van der Waals surface area contributed by atoms with Crippen LogP contribution in [0.2, 0.25) is 0 Å². The van der Waals surface area contributed by atoms with E-state index in [0.717, 1.165) is 26.2 Å². The van der Waals surface area contributed by atoms with Gasteiger partial charge in [0.05, 0.1) is 6.54 Å². The molecule has 1 amide bonds. The Labute approximate surface area is 111 Å². The molecule has 0 radical (unpaired) electrons. The zero-order valence-corrected chi connectivity index (χ0v) is 10.9. The average Bonchev–Trinajstić information content (AvgIpc) is 2.90. The van der Waals surface area contributed by atoms with Crippen molar-refractivity contribution in [1.29, 1.82) is 0 Å². The molecular weight excluding hydrogens is 248 g/mol. The van der Waals surface area contributed by atoms with Crippen LogP contribution in [-0.2, 0) is 4.79 Å². The van der Waals surface area contributed by atoms with Gasteiger partial charge in [0.15, 0.2) is 0 Å². The smallest absolute Gasteiger partial charge is 0.266 e. The largest absolute Gasteiger partial charge is 0.353 e. The summed E-state index contributed by atoms with van der Waals surface area (Å²) >= 11 is 0. The molecule has 0 aliphatic carbocycles. The van der Waals surface area contributed by atoms with Gasteiger partial charge in [-0.25, -0.2) is 0 Å². The predicted molar refractivity (Wildman–Crippen MR) is 67.8 cm³/mol. The topological polar surface area (TPSA) is 86.5 Å². The van der Waals surface area contributed by atoms with E-state index in [-0.39, 0.29) is 18.5 Å². The predicted octanol–water partition coefficient (Wildman–Crippen LogP) is -1.42. The van der Waals surface area contributed by atoms with Gasteiger partial charge in [-0.05, 0) is 12.2 Å².